The van der Waals surface area contributed by atoms with Gasteiger partial charge >= 0.3 is 0 Å². The van der Waals surface area contributed by atoms with Crippen molar-refractivity contribution in [2.24, 2.45) is 7.05 Å². The summed E-state index contributed by atoms with van der Waals surface area (Å²) < 4.78 is 71.0. The molecule has 35 heavy (non-hydrogen) atoms. The summed E-state index contributed by atoms with van der Waals surface area (Å²) in [5.41, 5.74) is -2.76. The quantitative estimate of drug-likeness (QED) is 0.565. The van der Waals surface area contributed by atoms with E-state index in [1.807, 2.05) is 0 Å². The Kier molecular flexibility index (Phi) is 5.54. The van der Waals surface area contributed by atoms with Crippen LogP contribution in [0.25, 0.3) is 11.0 Å². The maximum atomic E-state index is 14.8. The van der Waals surface area contributed by atoms with E-state index in [2.05, 4.69) is 15.3 Å². The minimum Gasteiger partial charge on any atom is -0.371 e. The van der Waals surface area contributed by atoms with Gasteiger partial charge in [-0.05, 0) is 13.0 Å². The Morgan fingerprint density at radius 2 is 2.06 bits per heavy atom. The lowest BCUT2D eigenvalue weighted by Gasteiger charge is -2.28. The molecule has 186 valence electrons. The van der Waals surface area contributed by atoms with Gasteiger partial charge in [0.2, 0.25) is 5.91 Å². The van der Waals surface area contributed by atoms with Crippen LogP contribution in [0.2, 0.25) is 0 Å². The average molecular weight is 493 g/mol. The maximum absolute atomic E-state index is 14.8. The van der Waals surface area contributed by atoms with Crippen LogP contribution in [0.4, 0.5) is 19.0 Å². The van der Waals surface area contributed by atoms with Gasteiger partial charge in [0.15, 0.2) is 0 Å². The molecule has 4 rings (SSSR count). The molecule has 0 bridgehead atoms. The van der Waals surface area contributed by atoms with Crippen molar-refractivity contribution in [3.8, 4) is 0 Å². The van der Waals surface area contributed by atoms with Gasteiger partial charge in [-0.3, -0.25) is 14.2 Å². The Labute approximate surface area is 204 Å². The van der Waals surface area contributed by atoms with E-state index in [0.29, 0.717) is 0 Å². The maximum Gasteiger partial charge on any atom is 0.266 e. The normalized spacial score (nSPS) is 20.5. The van der Waals surface area contributed by atoms with Gasteiger partial charge in [-0.25, -0.2) is 23.1 Å². The van der Waals surface area contributed by atoms with Crippen LogP contribution in [0, 0.1) is 5.82 Å². The molecule has 1 N–H and O–H groups in total. The monoisotopic (exact) mass is 492 g/mol. The number of anilines is 1. The smallest absolute Gasteiger partial charge is 0.266 e. The van der Waals surface area contributed by atoms with Crippen molar-refractivity contribution in [3.05, 3.63) is 63.5 Å². The highest BCUT2D eigenvalue weighted by molar-refractivity contribution is 5.87. The van der Waals surface area contributed by atoms with Gasteiger partial charge in [0.1, 0.15) is 29.2 Å². The van der Waals surface area contributed by atoms with Crippen LogP contribution in [0.5, 0.6) is 0 Å². The summed E-state index contributed by atoms with van der Waals surface area (Å²) in [6, 6.07) is 4.30. The van der Waals surface area contributed by atoms with Crippen molar-refractivity contribution in [2.45, 2.75) is 38.3 Å². The summed E-state index contributed by atoms with van der Waals surface area (Å²) >= 11 is 0. The summed E-state index contributed by atoms with van der Waals surface area (Å²) in [6.45, 7) is 2.93. The van der Waals surface area contributed by atoms with Crippen LogP contribution in [-0.2, 0) is 22.2 Å². The summed E-state index contributed by atoms with van der Waals surface area (Å²) in [5.74, 6) is -1.19. The Bertz CT molecular complexity index is 1450. The van der Waals surface area contributed by atoms with Crippen molar-refractivity contribution in [1.82, 2.24) is 19.4 Å². The number of hydrogen-bond donors (Lipinski definition) is 1. The molecule has 0 aliphatic carbocycles. The zero-order chi connectivity index (χ0) is 28.0. The van der Waals surface area contributed by atoms with E-state index in [-0.39, 0.29) is 53.4 Å². The number of likely N-dealkylation sites (tertiary alicyclic amines) is 1. The summed E-state index contributed by atoms with van der Waals surface area (Å²) in [5, 5.41) is 3.28. The predicted octanol–water partition coefficient (Wildman–Crippen LogP) is 3.67. The number of nitrogens with one attached hydrogen (secondary N) is 1. The molecule has 3 heterocycles. The standard InChI is InChI=1S/C24H26F3N5O3/c1-13(15-6-5-7-16(19(15)25)20(26)27)30-21-17-10-18(23(34)31(3)22(17)29-12-28-21)24(35-4)8-9-32(11-24)14(2)33/h5-7,10,12-13,20H,8-9,11H2,1-4H3,(H,28,29,30)/t13-,24-/m1/s1/i4D3. The molecule has 11 heteroatoms. The first kappa shape index (κ1) is 20.9. The van der Waals surface area contributed by atoms with E-state index in [1.54, 1.807) is 6.92 Å². The van der Waals surface area contributed by atoms with E-state index in [0.717, 1.165) is 6.07 Å². The van der Waals surface area contributed by atoms with Gasteiger partial charge < -0.3 is 15.0 Å². The van der Waals surface area contributed by atoms with Crippen molar-refractivity contribution in [1.29, 1.82) is 0 Å². The molecule has 1 aromatic carbocycles. The molecule has 3 aromatic rings. The van der Waals surface area contributed by atoms with E-state index in [4.69, 9.17) is 8.85 Å². The number of carbonyl (C=O) groups is 1. The highest BCUT2D eigenvalue weighted by atomic mass is 19.3. The third-order valence-electron chi connectivity index (χ3n) is 6.48. The lowest BCUT2D eigenvalue weighted by atomic mass is 9.92. The molecule has 1 amide bonds. The van der Waals surface area contributed by atoms with Crippen LogP contribution in [0.15, 0.2) is 35.4 Å². The number of aryl methyl sites for hydroxylation is 1. The minimum atomic E-state index is -2.99. The van der Waals surface area contributed by atoms with Crippen molar-refractivity contribution >= 4 is 22.8 Å². The molecule has 0 radical (unpaired) electrons. The topological polar surface area (TPSA) is 89.3 Å². The lowest BCUT2D eigenvalue weighted by molar-refractivity contribution is -0.129. The number of pyridine rings is 1. The minimum absolute atomic E-state index is 0.0104. The van der Waals surface area contributed by atoms with Crippen LogP contribution in [0.1, 0.15) is 53.5 Å². The van der Waals surface area contributed by atoms with E-state index < -0.39 is 42.0 Å². The number of carbonyl (C=O) groups excluding carboxylic acids is 1. The van der Waals surface area contributed by atoms with Crippen molar-refractivity contribution < 1.29 is 26.8 Å². The SMILES string of the molecule is [2H]C([2H])([2H])O[C@]1(c2cc3c(N[C@H](C)c4cccc(C(F)F)c4F)ncnc3n(C)c2=O)CCN(C(C)=O)C1. The van der Waals surface area contributed by atoms with Crippen molar-refractivity contribution in [2.75, 3.05) is 25.4 Å². The second-order valence-electron chi connectivity index (χ2n) is 8.59. The molecule has 1 aliphatic heterocycles. The largest absolute Gasteiger partial charge is 0.371 e. The number of rotatable bonds is 6. The van der Waals surface area contributed by atoms with Gasteiger partial charge in [-0.1, -0.05) is 18.2 Å². The molecular weight excluding hydrogens is 463 g/mol. The molecule has 0 saturated carbocycles. The second kappa shape index (κ2) is 9.29. The summed E-state index contributed by atoms with van der Waals surface area (Å²) in [4.78, 5) is 35.3. The summed E-state index contributed by atoms with van der Waals surface area (Å²) in [6.07, 6.45) is -1.75. The van der Waals surface area contributed by atoms with Gasteiger partial charge in [0.25, 0.3) is 12.0 Å². The fourth-order valence-corrected chi connectivity index (χ4v) is 4.47. The third-order valence-corrected chi connectivity index (χ3v) is 6.48. The van der Waals surface area contributed by atoms with E-state index in [1.165, 1.54) is 48.0 Å². The molecule has 8 nitrogen and oxygen atoms in total. The van der Waals surface area contributed by atoms with E-state index in [9.17, 15) is 22.8 Å². The molecule has 0 spiro atoms. The molecule has 0 unspecified atom stereocenters. The number of benzene rings is 1. The Balaban J connectivity index is 1.84. The fraction of sp³-hybridized carbons (Fsp3) is 0.417. The molecule has 1 fully saturated rings. The average Bonchev–Trinajstić information content (AvgIpc) is 3.25. The lowest BCUT2D eigenvalue weighted by Crippen LogP contribution is -2.40. The van der Waals surface area contributed by atoms with Gasteiger partial charge in [0, 0.05) is 39.5 Å². The number of alkyl halides is 2. The first-order chi connectivity index (χ1) is 17.7. The van der Waals surface area contributed by atoms with E-state index >= 15 is 0 Å². The van der Waals surface area contributed by atoms with Crippen LogP contribution < -0.4 is 10.9 Å². The number of methoxy groups -OCH3 is 1. The number of amides is 1. The molecule has 2 aromatic heterocycles. The van der Waals surface area contributed by atoms with Crippen LogP contribution >= 0.6 is 0 Å². The Morgan fingerprint density at radius 3 is 2.71 bits per heavy atom. The second-order valence-corrected chi connectivity index (χ2v) is 8.59. The number of halogens is 3. The van der Waals surface area contributed by atoms with Crippen molar-refractivity contribution in [3.63, 3.8) is 0 Å². The van der Waals surface area contributed by atoms with Gasteiger partial charge in [-0.15, -0.1) is 0 Å². The zero-order valence-electron chi connectivity index (χ0n) is 22.3. The predicted molar refractivity (Wildman–Crippen MR) is 124 cm³/mol. The first-order valence-electron chi connectivity index (χ1n) is 12.4. The number of ether oxygens (including phenoxy) is 1. The molecule has 1 saturated heterocycles. The number of fused-ring (bicyclic) bond motifs is 1. The highest BCUT2D eigenvalue weighted by Crippen LogP contribution is 2.36. The Hall–Kier alpha value is -3.47. The van der Waals surface area contributed by atoms with Gasteiger partial charge in [0.05, 0.1) is 33.2 Å². The first-order valence-corrected chi connectivity index (χ1v) is 10.9. The van der Waals surface area contributed by atoms with Gasteiger partial charge in [-0.2, -0.15) is 0 Å². The summed E-state index contributed by atoms with van der Waals surface area (Å²) in [7, 11) is -1.43. The number of aromatic nitrogens is 3. The van der Waals surface area contributed by atoms with Crippen LogP contribution in [-0.4, -0.2) is 45.5 Å². The van der Waals surface area contributed by atoms with Crippen LogP contribution in [0.3, 0.4) is 0 Å². The zero-order valence-corrected chi connectivity index (χ0v) is 19.3. The third kappa shape index (κ3) is 4.24. The Morgan fingerprint density at radius 1 is 1.31 bits per heavy atom. The number of hydrogen-bond acceptors (Lipinski definition) is 6. The molecular formula is C24H26F3N5O3. The fourth-order valence-electron chi connectivity index (χ4n) is 4.47. The highest BCUT2D eigenvalue weighted by Gasteiger charge is 2.43. The number of nitrogens with zero attached hydrogens (tertiary/aromatic N) is 4. The molecule has 2 atom stereocenters. The molecule has 1 aliphatic rings.